The molecule has 2 N–H and O–H groups in total. The molecule has 0 aromatic carbocycles. The van der Waals surface area contributed by atoms with E-state index in [0.29, 0.717) is 6.20 Å². The van der Waals surface area contributed by atoms with Crippen LogP contribution in [0.3, 0.4) is 0 Å². The van der Waals surface area contributed by atoms with E-state index in [0.717, 1.165) is 0 Å². The number of hydrogen-bond acceptors (Lipinski definition) is 4. The van der Waals surface area contributed by atoms with Crippen molar-refractivity contribution in [2.24, 2.45) is 0 Å². The van der Waals surface area contributed by atoms with E-state index in [4.69, 9.17) is 16.4 Å². The molecule has 1 aromatic rings. The smallest absolute Gasteiger partial charge is 0.283 e. The molecule has 0 aliphatic heterocycles. The van der Waals surface area contributed by atoms with Crippen LogP contribution in [0.4, 0.5) is 18.9 Å². The van der Waals surface area contributed by atoms with Crippen molar-refractivity contribution in [1.82, 2.24) is 4.98 Å². The maximum atomic E-state index is 13.2. The molecule has 1 heterocycles. The number of halogens is 4. The van der Waals surface area contributed by atoms with Crippen LogP contribution < -0.4 is 5.73 Å². The molecule has 1 aromatic heterocycles. The molecule has 0 aliphatic carbocycles. The van der Waals surface area contributed by atoms with Crippen LogP contribution in [0.15, 0.2) is 11.1 Å². The highest BCUT2D eigenvalue weighted by atomic mass is 35.7. The van der Waals surface area contributed by atoms with E-state index in [1.165, 1.54) is 0 Å². The lowest BCUT2D eigenvalue weighted by Crippen LogP contribution is -2.07. The summed E-state index contributed by atoms with van der Waals surface area (Å²) in [6.45, 7) is 0. The number of nitrogen functional groups attached to an aromatic ring is 1. The lowest BCUT2D eigenvalue weighted by atomic mass is 10.3. The van der Waals surface area contributed by atoms with Crippen LogP contribution in [0.1, 0.15) is 12.1 Å². The zero-order valence-corrected chi connectivity index (χ0v) is 8.49. The minimum atomic E-state index is -4.52. The van der Waals surface area contributed by atoms with Crippen molar-refractivity contribution in [2.75, 3.05) is 5.73 Å². The molecule has 0 fully saturated rings. The van der Waals surface area contributed by atoms with Gasteiger partial charge in [-0.3, -0.25) is 0 Å². The first-order valence-corrected chi connectivity index (χ1v) is 5.72. The molecule has 9 heteroatoms. The Kier molecular flexibility index (Phi) is 3.10. The van der Waals surface area contributed by atoms with Gasteiger partial charge in [0.15, 0.2) is 5.82 Å². The van der Waals surface area contributed by atoms with Crippen molar-refractivity contribution < 1.29 is 21.6 Å². The Balaban J connectivity index is 3.59. The fraction of sp³-hybridized carbons (Fsp3) is 0.167. The first kappa shape index (κ1) is 12.1. The number of anilines is 1. The quantitative estimate of drug-likeness (QED) is 0.821. The van der Waals surface area contributed by atoms with Gasteiger partial charge in [0, 0.05) is 10.7 Å². The van der Waals surface area contributed by atoms with Gasteiger partial charge in [0.2, 0.25) is 0 Å². The van der Waals surface area contributed by atoms with E-state index >= 15 is 0 Å². The number of alkyl halides is 2. The average Bonchev–Trinajstić information content (AvgIpc) is 2.00. The first-order valence-electron chi connectivity index (χ1n) is 3.42. The monoisotopic (exact) mass is 260 g/mol. The second kappa shape index (κ2) is 3.86. The summed E-state index contributed by atoms with van der Waals surface area (Å²) in [6.07, 6.45) is -2.64. The molecule has 84 valence electrons. The minimum Gasteiger partial charge on any atom is -0.396 e. The van der Waals surface area contributed by atoms with Gasteiger partial charge in [0.25, 0.3) is 15.5 Å². The topological polar surface area (TPSA) is 73.0 Å². The summed E-state index contributed by atoms with van der Waals surface area (Å²) in [6, 6.07) is 0. The number of hydrogen-bond donors (Lipinski definition) is 1. The highest BCUT2D eigenvalue weighted by Crippen LogP contribution is 2.30. The zero-order chi connectivity index (χ0) is 11.8. The lowest BCUT2D eigenvalue weighted by molar-refractivity contribution is 0.140. The molecule has 15 heavy (non-hydrogen) atoms. The molecule has 0 saturated carbocycles. The van der Waals surface area contributed by atoms with Crippen molar-refractivity contribution in [2.45, 2.75) is 11.3 Å². The third-order valence-corrected chi connectivity index (χ3v) is 2.85. The van der Waals surface area contributed by atoms with Crippen LogP contribution in [0.5, 0.6) is 0 Å². The lowest BCUT2D eigenvalue weighted by Gasteiger charge is -2.06. The van der Waals surface area contributed by atoms with E-state index in [9.17, 15) is 21.6 Å². The van der Waals surface area contributed by atoms with Gasteiger partial charge >= 0.3 is 0 Å². The van der Waals surface area contributed by atoms with Crippen LogP contribution in [0.25, 0.3) is 0 Å². The van der Waals surface area contributed by atoms with Crippen molar-refractivity contribution in [3.05, 3.63) is 17.7 Å². The fourth-order valence-corrected chi connectivity index (χ4v) is 2.02. The van der Waals surface area contributed by atoms with Gasteiger partial charge in [0.05, 0.1) is 11.9 Å². The van der Waals surface area contributed by atoms with Crippen LogP contribution >= 0.6 is 10.7 Å². The predicted octanol–water partition coefficient (Wildman–Crippen LogP) is 1.67. The van der Waals surface area contributed by atoms with Crippen molar-refractivity contribution >= 4 is 25.4 Å². The molecule has 0 bridgehead atoms. The summed E-state index contributed by atoms with van der Waals surface area (Å²) < 4.78 is 59.1. The average molecular weight is 261 g/mol. The molecular weight excluding hydrogens is 257 g/mol. The van der Waals surface area contributed by atoms with Gasteiger partial charge in [-0.15, -0.1) is 0 Å². The standard InChI is InChI=1S/C6H4ClF3N2O2S/c7-15(13,14)5-2(11)1-12-4(3(5)8)6(9)10/h1,6H,11H2. The van der Waals surface area contributed by atoms with Gasteiger partial charge in [-0.25, -0.2) is 26.6 Å². The van der Waals surface area contributed by atoms with Crippen molar-refractivity contribution in [3.8, 4) is 0 Å². The first-order chi connectivity index (χ1) is 6.75. The highest BCUT2D eigenvalue weighted by molar-refractivity contribution is 8.13. The molecule has 0 saturated heterocycles. The molecule has 0 spiro atoms. The van der Waals surface area contributed by atoms with Gasteiger partial charge in [-0.05, 0) is 0 Å². The molecule has 0 atom stereocenters. The minimum absolute atomic E-state index is 0.611. The van der Waals surface area contributed by atoms with E-state index in [2.05, 4.69) is 4.98 Å². The summed E-state index contributed by atoms with van der Waals surface area (Å²) in [4.78, 5) is 1.81. The van der Waals surface area contributed by atoms with Gasteiger partial charge in [0.1, 0.15) is 10.6 Å². The number of nitrogens with zero attached hydrogens (tertiary/aromatic N) is 1. The maximum absolute atomic E-state index is 13.2. The Morgan fingerprint density at radius 1 is 1.47 bits per heavy atom. The van der Waals surface area contributed by atoms with Crippen LogP contribution in [0, 0.1) is 5.82 Å². The van der Waals surface area contributed by atoms with Crippen LogP contribution in [0.2, 0.25) is 0 Å². The van der Waals surface area contributed by atoms with Crippen LogP contribution in [-0.4, -0.2) is 13.4 Å². The third kappa shape index (κ3) is 2.32. The Morgan fingerprint density at radius 3 is 2.40 bits per heavy atom. The van der Waals surface area contributed by atoms with Gasteiger partial charge in [-0.1, -0.05) is 0 Å². The Hall–Kier alpha value is -1.02. The van der Waals surface area contributed by atoms with Gasteiger partial charge in [-0.2, -0.15) is 0 Å². The number of nitrogens with two attached hydrogens (primary N) is 1. The van der Waals surface area contributed by atoms with Crippen molar-refractivity contribution in [3.63, 3.8) is 0 Å². The Bertz CT molecular complexity index is 491. The molecule has 0 unspecified atom stereocenters. The molecule has 1 rings (SSSR count). The van der Waals surface area contributed by atoms with E-state index in [1.54, 1.807) is 0 Å². The van der Waals surface area contributed by atoms with E-state index in [-0.39, 0.29) is 0 Å². The second-order valence-electron chi connectivity index (χ2n) is 2.48. The Labute approximate surface area is 87.3 Å². The summed E-state index contributed by atoms with van der Waals surface area (Å²) in [5.74, 6) is -1.72. The Morgan fingerprint density at radius 2 is 2.00 bits per heavy atom. The molecule has 0 amide bonds. The normalized spacial score (nSPS) is 12.1. The third-order valence-electron chi connectivity index (χ3n) is 1.48. The molecule has 0 aliphatic rings. The highest BCUT2D eigenvalue weighted by Gasteiger charge is 2.27. The molecular formula is C6H4ClF3N2O2S. The largest absolute Gasteiger partial charge is 0.396 e. The van der Waals surface area contributed by atoms with E-state index < -0.39 is 37.6 Å². The molecule has 4 nitrogen and oxygen atoms in total. The SMILES string of the molecule is Nc1cnc(C(F)F)c(F)c1S(=O)(=O)Cl. The maximum Gasteiger partial charge on any atom is 0.283 e. The summed E-state index contributed by atoms with van der Waals surface area (Å²) in [5, 5.41) is 0. The number of aromatic nitrogens is 1. The fourth-order valence-electron chi connectivity index (χ4n) is 0.897. The van der Waals surface area contributed by atoms with Crippen LogP contribution in [-0.2, 0) is 9.05 Å². The second-order valence-corrected chi connectivity index (χ2v) is 4.98. The molecule has 0 radical (unpaired) electrons. The summed E-state index contributed by atoms with van der Waals surface area (Å²) >= 11 is 0. The summed E-state index contributed by atoms with van der Waals surface area (Å²) in [7, 11) is 0.304. The number of rotatable bonds is 2. The summed E-state index contributed by atoms with van der Waals surface area (Å²) in [5.41, 5.74) is 3.14. The predicted molar refractivity (Wildman–Crippen MR) is 46.6 cm³/mol. The zero-order valence-electron chi connectivity index (χ0n) is 6.92. The number of pyridine rings is 1. The van der Waals surface area contributed by atoms with E-state index in [1.807, 2.05) is 0 Å². The van der Waals surface area contributed by atoms with Crippen molar-refractivity contribution in [1.29, 1.82) is 0 Å². The van der Waals surface area contributed by atoms with Gasteiger partial charge < -0.3 is 5.73 Å².